The molecule has 1 rings (SSSR count). The summed E-state index contributed by atoms with van der Waals surface area (Å²) in [5, 5.41) is 9.27. The molecule has 1 heterocycles. The van der Waals surface area contributed by atoms with E-state index < -0.39 is 8.32 Å². The van der Waals surface area contributed by atoms with Crippen LogP contribution in [0, 0.1) is 5.92 Å². The molecular formula is C17H31NO2Si. The van der Waals surface area contributed by atoms with Crippen LogP contribution in [0.25, 0.3) is 0 Å². The molecule has 0 aliphatic heterocycles. The molecule has 0 amide bonds. The minimum atomic E-state index is -1.70. The summed E-state index contributed by atoms with van der Waals surface area (Å²) in [6, 6.07) is 4.19. The number of nitrogens with zero attached hydrogens (tertiary/aromatic N) is 1. The average Bonchev–Trinajstić information content (AvgIpc) is 2.42. The molecular weight excluding hydrogens is 278 g/mol. The molecule has 1 unspecified atom stereocenters. The van der Waals surface area contributed by atoms with Gasteiger partial charge in [0.1, 0.15) is 0 Å². The van der Waals surface area contributed by atoms with Crippen molar-refractivity contribution in [3.8, 4) is 0 Å². The Hall–Kier alpha value is -0.713. The lowest BCUT2D eigenvalue weighted by Gasteiger charge is -2.36. The van der Waals surface area contributed by atoms with Gasteiger partial charge < -0.3 is 9.53 Å². The highest BCUT2D eigenvalue weighted by Gasteiger charge is 2.37. The van der Waals surface area contributed by atoms with E-state index in [1.165, 1.54) is 5.56 Å². The number of aliphatic hydroxyl groups is 1. The maximum Gasteiger partial charge on any atom is 0.192 e. The van der Waals surface area contributed by atoms with E-state index in [0.717, 1.165) is 18.5 Å². The lowest BCUT2D eigenvalue weighted by Crippen LogP contribution is -2.40. The Morgan fingerprint density at radius 1 is 1.29 bits per heavy atom. The van der Waals surface area contributed by atoms with Crippen LogP contribution in [0.2, 0.25) is 18.1 Å². The van der Waals surface area contributed by atoms with Crippen molar-refractivity contribution in [3.05, 3.63) is 29.6 Å². The Balaban J connectivity index is 2.52. The van der Waals surface area contributed by atoms with Crippen molar-refractivity contribution in [2.45, 2.75) is 65.3 Å². The first-order chi connectivity index (χ1) is 9.65. The summed E-state index contributed by atoms with van der Waals surface area (Å²) >= 11 is 0. The van der Waals surface area contributed by atoms with Crippen molar-refractivity contribution in [3.63, 3.8) is 0 Å². The second-order valence-corrected chi connectivity index (χ2v) is 12.3. The predicted octanol–water partition coefficient (Wildman–Crippen LogP) is 4.16. The zero-order valence-corrected chi connectivity index (χ0v) is 15.4. The van der Waals surface area contributed by atoms with Gasteiger partial charge in [-0.15, -0.1) is 0 Å². The van der Waals surface area contributed by atoms with Gasteiger partial charge in [-0.3, -0.25) is 4.98 Å². The van der Waals surface area contributed by atoms with E-state index in [1.54, 1.807) is 0 Å². The number of aryl methyl sites for hydroxylation is 1. The molecule has 0 aliphatic carbocycles. The molecule has 1 N–H and O–H groups in total. The number of hydrogen-bond donors (Lipinski definition) is 1. The summed E-state index contributed by atoms with van der Waals surface area (Å²) in [7, 11) is -1.70. The Bertz CT molecular complexity index is 423. The summed E-state index contributed by atoms with van der Waals surface area (Å²) in [5.74, 6) is 0.353. The lowest BCUT2D eigenvalue weighted by molar-refractivity contribution is 0.230. The third-order valence-electron chi connectivity index (χ3n) is 4.51. The first-order valence-electron chi connectivity index (χ1n) is 7.84. The maximum absolute atomic E-state index is 9.04. The van der Waals surface area contributed by atoms with Gasteiger partial charge in [0.15, 0.2) is 8.32 Å². The van der Waals surface area contributed by atoms with Crippen molar-refractivity contribution < 1.29 is 9.53 Å². The van der Waals surface area contributed by atoms with Crippen LogP contribution in [0.5, 0.6) is 0 Å². The molecule has 0 radical (unpaired) electrons. The number of aliphatic hydroxyl groups excluding tert-OH is 1. The fourth-order valence-corrected chi connectivity index (χ4v) is 2.61. The molecule has 0 aliphatic rings. The van der Waals surface area contributed by atoms with E-state index in [4.69, 9.17) is 9.53 Å². The van der Waals surface area contributed by atoms with E-state index in [9.17, 15) is 0 Å². The van der Waals surface area contributed by atoms with Crippen molar-refractivity contribution in [1.82, 2.24) is 4.98 Å². The first kappa shape index (κ1) is 18.3. The van der Waals surface area contributed by atoms with Crippen LogP contribution in [-0.2, 0) is 17.5 Å². The van der Waals surface area contributed by atoms with Gasteiger partial charge in [-0.05, 0) is 48.5 Å². The molecule has 1 aromatic heterocycles. The third kappa shape index (κ3) is 5.89. The number of hydrogen-bond acceptors (Lipinski definition) is 3. The van der Waals surface area contributed by atoms with Gasteiger partial charge in [-0.2, -0.15) is 0 Å². The van der Waals surface area contributed by atoms with E-state index in [-0.39, 0.29) is 11.6 Å². The van der Waals surface area contributed by atoms with Gasteiger partial charge in [0, 0.05) is 12.8 Å². The largest absolute Gasteiger partial charge is 0.411 e. The second-order valence-electron chi connectivity index (χ2n) is 7.53. The molecule has 0 fully saturated rings. The lowest BCUT2D eigenvalue weighted by atomic mass is 10.0. The summed E-state index contributed by atoms with van der Waals surface area (Å²) in [5.41, 5.74) is 2.23. The first-order valence-corrected chi connectivity index (χ1v) is 10.7. The highest BCUT2D eigenvalue weighted by Crippen LogP contribution is 2.36. The molecule has 21 heavy (non-hydrogen) atoms. The normalized spacial score (nSPS) is 14.2. The van der Waals surface area contributed by atoms with E-state index in [1.807, 2.05) is 6.20 Å². The summed E-state index contributed by atoms with van der Waals surface area (Å²) in [6.07, 6.45) is 3.91. The Labute approximate surface area is 130 Å². The molecule has 1 aromatic rings. The van der Waals surface area contributed by atoms with Crippen LogP contribution in [0.15, 0.2) is 18.3 Å². The number of pyridine rings is 1. The third-order valence-corrected chi connectivity index (χ3v) is 8.99. The average molecular weight is 310 g/mol. The van der Waals surface area contributed by atoms with Crippen molar-refractivity contribution in [2.75, 3.05) is 6.61 Å². The fraction of sp³-hybridized carbons (Fsp3) is 0.706. The topological polar surface area (TPSA) is 42.4 Å². The molecule has 0 bridgehead atoms. The summed E-state index contributed by atoms with van der Waals surface area (Å²) < 4.78 is 6.18. The van der Waals surface area contributed by atoms with E-state index in [0.29, 0.717) is 12.5 Å². The quantitative estimate of drug-likeness (QED) is 0.769. The van der Waals surface area contributed by atoms with Gasteiger partial charge in [0.25, 0.3) is 0 Å². The Kier molecular flexibility index (Phi) is 6.57. The Morgan fingerprint density at radius 3 is 2.43 bits per heavy atom. The fourth-order valence-electron chi connectivity index (χ4n) is 1.66. The van der Waals surface area contributed by atoms with E-state index in [2.05, 4.69) is 57.9 Å². The van der Waals surface area contributed by atoms with Gasteiger partial charge in [0.05, 0.1) is 12.3 Å². The molecule has 4 heteroatoms. The maximum atomic E-state index is 9.04. The van der Waals surface area contributed by atoms with Crippen LogP contribution in [0.4, 0.5) is 0 Å². The monoisotopic (exact) mass is 309 g/mol. The second kappa shape index (κ2) is 7.52. The van der Waals surface area contributed by atoms with Crippen molar-refractivity contribution in [2.24, 2.45) is 5.92 Å². The summed E-state index contributed by atoms with van der Waals surface area (Å²) in [4.78, 5) is 4.50. The van der Waals surface area contributed by atoms with Crippen LogP contribution in [0.3, 0.4) is 0 Å². The standard InChI is InChI=1S/C17H31NO2Si/c1-14(12-19)7-8-15-9-10-16(18-11-15)13-20-21(5,6)17(2,3)4/h9-11,14,19H,7-8,12-13H2,1-6H3. The smallest absolute Gasteiger partial charge is 0.192 e. The van der Waals surface area contributed by atoms with Crippen LogP contribution in [0.1, 0.15) is 45.4 Å². The van der Waals surface area contributed by atoms with Crippen molar-refractivity contribution in [1.29, 1.82) is 0 Å². The minimum absolute atomic E-state index is 0.230. The molecule has 1 atom stereocenters. The minimum Gasteiger partial charge on any atom is -0.411 e. The number of aromatic nitrogens is 1. The van der Waals surface area contributed by atoms with Gasteiger partial charge >= 0.3 is 0 Å². The van der Waals surface area contributed by atoms with Crippen LogP contribution < -0.4 is 0 Å². The highest BCUT2D eigenvalue weighted by molar-refractivity contribution is 6.74. The molecule has 3 nitrogen and oxygen atoms in total. The van der Waals surface area contributed by atoms with Gasteiger partial charge in [0.2, 0.25) is 0 Å². The Morgan fingerprint density at radius 2 is 1.95 bits per heavy atom. The molecule has 0 aromatic carbocycles. The molecule has 0 spiro atoms. The zero-order chi connectivity index (χ0) is 16.1. The SMILES string of the molecule is CC(CO)CCc1ccc(CO[Si](C)(C)C(C)(C)C)nc1. The van der Waals surface area contributed by atoms with Gasteiger partial charge in [-0.25, -0.2) is 0 Å². The summed E-state index contributed by atoms with van der Waals surface area (Å²) in [6.45, 7) is 14.2. The molecule has 0 saturated heterocycles. The van der Waals surface area contributed by atoms with Crippen LogP contribution >= 0.6 is 0 Å². The van der Waals surface area contributed by atoms with Gasteiger partial charge in [-0.1, -0.05) is 33.8 Å². The molecule has 0 saturated carbocycles. The highest BCUT2D eigenvalue weighted by atomic mass is 28.4. The van der Waals surface area contributed by atoms with Crippen LogP contribution in [-0.4, -0.2) is 25.0 Å². The predicted molar refractivity (Wildman–Crippen MR) is 90.8 cm³/mol. The van der Waals surface area contributed by atoms with E-state index >= 15 is 0 Å². The van der Waals surface area contributed by atoms with Crippen molar-refractivity contribution >= 4 is 8.32 Å². The zero-order valence-electron chi connectivity index (χ0n) is 14.4. The number of rotatable bonds is 7. The molecule has 120 valence electrons.